The van der Waals surface area contributed by atoms with E-state index >= 15 is 0 Å². The lowest BCUT2D eigenvalue weighted by Gasteiger charge is -2.19. The van der Waals surface area contributed by atoms with Gasteiger partial charge in [-0.15, -0.1) is 0 Å². The van der Waals surface area contributed by atoms with Gasteiger partial charge >= 0.3 is 0 Å². The number of pyridine rings is 1. The number of fused-ring (bicyclic) bond motifs is 3. The maximum atomic E-state index is 13.2. The van der Waals surface area contributed by atoms with E-state index < -0.39 is 15.1 Å². The van der Waals surface area contributed by atoms with E-state index in [1.165, 1.54) is 0 Å². The van der Waals surface area contributed by atoms with Crippen molar-refractivity contribution in [2.75, 3.05) is 20.2 Å². The van der Waals surface area contributed by atoms with Crippen molar-refractivity contribution in [3.8, 4) is 17.0 Å². The molecule has 0 bridgehead atoms. The van der Waals surface area contributed by atoms with Crippen LogP contribution in [0.2, 0.25) is 0 Å². The first-order chi connectivity index (χ1) is 15.4. The highest BCUT2D eigenvalue weighted by Crippen LogP contribution is 2.46. The molecule has 5 rings (SSSR count). The van der Waals surface area contributed by atoms with E-state index in [1.54, 1.807) is 30.3 Å². The lowest BCUT2D eigenvalue weighted by atomic mass is 9.95. The van der Waals surface area contributed by atoms with Crippen LogP contribution >= 0.6 is 0 Å². The van der Waals surface area contributed by atoms with E-state index in [2.05, 4.69) is 4.98 Å². The SMILES string of the molecule is COc1ncccc1-c1ccc2c(c1)C1CN(C(=O)Cc3ccccc3C)CC1S2(=O)=O. The third-order valence-electron chi connectivity index (χ3n) is 6.61. The summed E-state index contributed by atoms with van der Waals surface area (Å²) >= 11 is 0. The Morgan fingerprint density at radius 3 is 2.72 bits per heavy atom. The van der Waals surface area contributed by atoms with Gasteiger partial charge in [0.05, 0.1) is 23.7 Å². The molecule has 2 unspecified atom stereocenters. The fourth-order valence-electron chi connectivity index (χ4n) is 4.87. The van der Waals surface area contributed by atoms with Crippen molar-refractivity contribution in [1.29, 1.82) is 0 Å². The molecule has 7 heteroatoms. The summed E-state index contributed by atoms with van der Waals surface area (Å²) in [6, 6.07) is 16.9. The second-order valence-corrected chi connectivity index (χ2v) is 10.5. The van der Waals surface area contributed by atoms with Crippen molar-refractivity contribution < 1.29 is 17.9 Å². The summed E-state index contributed by atoms with van der Waals surface area (Å²) in [6.07, 6.45) is 1.94. The molecule has 32 heavy (non-hydrogen) atoms. The zero-order valence-electron chi connectivity index (χ0n) is 18.0. The van der Waals surface area contributed by atoms with E-state index in [9.17, 15) is 13.2 Å². The van der Waals surface area contributed by atoms with Gasteiger partial charge < -0.3 is 9.64 Å². The number of sulfone groups is 1. The molecule has 2 aliphatic heterocycles. The Balaban J connectivity index is 1.46. The number of amides is 1. The molecule has 1 amide bonds. The van der Waals surface area contributed by atoms with Crippen LogP contribution in [-0.2, 0) is 21.1 Å². The number of hydrogen-bond donors (Lipinski definition) is 0. The van der Waals surface area contributed by atoms with E-state index in [0.717, 1.165) is 27.8 Å². The Hall–Kier alpha value is -3.19. The molecular weight excluding hydrogens is 424 g/mol. The molecule has 0 aliphatic carbocycles. The second kappa shape index (κ2) is 7.74. The van der Waals surface area contributed by atoms with Crippen LogP contribution in [0.25, 0.3) is 11.1 Å². The first-order valence-electron chi connectivity index (χ1n) is 10.6. The molecule has 2 atom stereocenters. The van der Waals surface area contributed by atoms with Crippen LogP contribution in [0.1, 0.15) is 22.6 Å². The molecule has 6 nitrogen and oxygen atoms in total. The summed E-state index contributed by atoms with van der Waals surface area (Å²) in [5.41, 5.74) is 4.49. The van der Waals surface area contributed by atoms with Crippen LogP contribution < -0.4 is 4.74 Å². The molecular formula is C25H24N2O4S. The quantitative estimate of drug-likeness (QED) is 0.612. The summed E-state index contributed by atoms with van der Waals surface area (Å²) in [4.78, 5) is 19.3. The highest BCUT2D eigenvalue weighted by Gasteiger charge is 2.51. The van der Waals surface area contributed by atoms with Gasteiger partial charge in [0.15, 0.2) is 9.84 Å². The summed E-state index contributed by atoms with van der Waals surface area (Å²) in [5.74, 6) is 0.236. The number of likely N-dealkylation sites (tertiary alicyclic amines) is 1. The number of benzene rings is 2. The minimum absolute atomic E-state index is 0.0319. The number of hydrogen-bond acceptors (Lipinski definition) is 5. The van der Waals surface area contributed by atoms with Crippen LogP contribution in [0, 0.1) is 6.92 Å². The van der Waals surface area contributed by atoms with E-state index in [1.807, 2.05) is 49.4 Å². The lowest BCUT2D eigenvalue weighted by molar-refractivity contribution is -0.129. The monoisotopic (exact) mass is 448 g/mol. The summed E-state index contributed by atoms with van der Waals surface area (Å²) in [6.45, 7) is 2.63. The number of nitrogens with zero attached hydrogens (tertiary/aromatic N) is 2. The summed E-state index contributed by atoms with van der Waals surface area (Å²) < 4.78 is 31.9. The van der Waals surface area contributed by atoms with Crippen LogP contribution in [0.4, 0.5) is 0 Å². The van der Waals surface area contributed by atoms with Crippen LogP contribution in [0.5, 0.6) is 5.88 Å². The first kappa shape index (κ1) is 20.7. The fraction of sp³-hybridized carbons (Fsp3) is 0.280. The fourth-order valence-corrected chi connectivity index (χ4v) is 7.04. The number of carbonyl (C=O) groups is 1. The smallest absolute Gasteiger partial charge is 0.227 e. The molecule has 3 heterocycles. The highest BCUT2D eigenvalue weighted by atomic mass is 32.2. The van der Waals surface area contributed by atoms with Gasteiger partial charge in [0.1, 0.15) is 0 Å². The van der Waals surface area contributed by atoms with Gasteiger partial charge in [0.2, 0.25) is 11.8 Å². The number of ether oxygens (including phenoxy) is 1. The topological polar surface area (TPSA) is 76.6 Å². The Kier molecular flexibility index (Phi) is 5.01. The van der Waals surface area contributed by atoms with Crippen molar-refractivity contribution in [2.45, 2.75) is 29.4 Å². The van der Waals surface area contributed by atoms with Gasteiger partial charge in [0, 0.05) is 30.8 Å². The largest absolute Gasteiger partial charge is 0.481 e. The molecule has 3 aromatic rings. The van der Waals surface area contributed by atoms with E-state index in [-0.39, 0.29) is 24.8 Å². The summed E-state index contributed by atoms with van der Waals surface area (Å²) in [7, 11) is -1.92. The van der Waals surface area contributed by atoms with Crippen LogP contribution in [-0.4, -0.2) is 49.7 Å². The number of aromatic nitrogens is 1. The van der Waals surface area contributed by atoms with Crippen molar-refractivity contribution >= 4 is 15.7 Å². The maximum Gasteiger partial charge on any atom is 0.227 e. The average Bonchev–Trinajstić information content (AvgIpc) is 3.34. The molecule has 1 fully saturated rings. The van der Waals surface area contributed by atoms with Crippen molar-refractivity contribution in [3.05, 3.63) is 77.5 Å². The van der Waals surface area contributed by atoms with Gasteiger partial charge in [-0.1, -0.05) is 30.3 Å². The molecule has 2 aliphatic rings. The highest BCUT2D eigenvalue weighted by molar-refractivity contribution is 7.92. The lowest BCUT2D eigenvalue weighted by Crippen LogP contribution is -2.33. The van der Waals surface area contributed by atoms with Gasteiger partial charge in [-0.05, 0) is 53.4 Å². The van der Waals surface area contributed by atoms with Gasteiger partial charge in [0.25, 0.3) is 0 Å². The minimum Gasteiger partial charge on any atom is -0.481 e. The minimum atomic E-state index is -3.49. The number of carbonyl (C=O) groups excluding carboxylic acids is 1. The third-order valence-corrected chi connectivity index (χ3v) is 8.87. The second-order valence-electron chi connectivity index (χ2n) is 8.40. The molecule has 0 radical (unpaired) electrons. The van der Waals surface area contributed by atoms with Gasteiger partial charge in [-0.2, -0.15) is 0 Å². The van der Waals surface area contributed by atoms with Crippen LogP contribution in [0.3, 0.4) is 0 Å². The van der Waals surface area contributed by atoms with Gasteiger partial charge in [-0.3, -0.25) is 4.79 Å². The van der Waals surface area contributed by atoms with Crippen molar-refractivity contribution in [2.24, 2.45) is 0 Å². The van der Waals surface area contributed by atoms with Crippen LogP contribution in [0.15, 0.2) is 65.7 Å². The van der Waals surface area contributed by atoms with Crippen molar-refractivity contribution in [1.82, 2.24) is 9.88 Å². The molecule has 2 aromatic carbocycles. The molecule has 0 spiro atoms. The number of methoxy groups -OCH3 is 1. The van der Waals surface area contributed by atoms with E-state index in [0.29, 0.717) is 17.3 Å². The first-order valence-corrected chi connectivity index (χ1v) is 12.1. The Labute approximate surface area is 187 Å². The zero-order valence-corrected chi connectivity index (χ0v) is 18.8. The molecule has 1 saturated heterocycles. The number of aryl methyl sites for hydroxylation is 1. The third kappa shape index (κ3) is 3.28. The standard InChI is InChI=1S/C25H24N2O4S/c1-16-6-3-4-7-17(16)13-24(28)27-14-21-20-12-18(19-8-5-11-26-25(19)31-2)9-10-22(20)32(29,30)23(21)15-27/h3-12,21,23H,13-15H2,1-2H3. The predicted octanol–water partition coefficient (Wildman–Crippen LogP) is 3.39. The molecule has 1 aromatic heterocycles. The Morgan fingerprint density at radius 1 is 1.12 bits per heavy atom. The average molecular weight is 449 g/mol. The summed E-state index contributed by atoms with van der Waals surface area (Å²) in [5, 5.41) is -0.593. The van der Waals surface area contributed by atoms with Gasteiger partial charge in [-0.25, -0.2) is 13.4 Å². The Morgan fingerprint density at radius 2 is 1.94 bits per heavy atom. The number of rotatable bonds is 4. The molecule has 164 valence electrons. The normalized spacial score (nSPS) is 20.6. The zero-order chi connectivity index (χ0) is 22.5. The predicted molar refractivity (Wildman–Crippen MR) is 121 cm³/mol. The molecule has 0 saturated carbocycles. The molecule has 0 N–H and O–H groups in total. The van der Waals surface area contributed by atoms with Crippen molar-refractivity contribution in [3.63, 3.8) is 0 Å². The Bertz CT molecular complexity index is 1320. The maximum absolute atomic E-state index is 13.2. The van der Waals surface area contributed by atoms with E-state index in [4.69, 9.17) is 4.74 Å².